The SMILES string of the molecule is CCOCCP(CCOCC)CCP(CCOCC)CCOCC.CCOCC[PH+](CCOCC)CC[PH+](CCOCC)CCOCC.CCOCC[PH+](CCOCC)CC[PH+](CCOCC)CCOCC.[O]=[Tc]=[O]. The molecule has 0 aliphatic carbocycles. The number of hydrogen-bond donors (Lipinski definition) is 0. The summed E-state index contributed by atoms with van der Waals surface area (Å²) in [6.45, 7) is 45.9. The number of rotatable bonds is 57. The molecule has 0 radical (unpaired) electrons. The zero-order valence-electron chi connectivity index (χ0n) is 50.7. The van der Waals surface area contributed by atoms with E-state index in [4.69, 9.17) is 63.9 Å². The monoisotopic (exact) mass is 1280 g/mol. The van der Waals surface area contributed by atoms with Gasteiger partial charge in [0.25, 0.3) is 0 Å². The normalized spacial score (nSPS) is 11.4. The van der Waals surface area contributed by atoms with Crippen molar-refractivity contribution in [2.45, 2.75) is 83.1 Å². The summed E-state index contributed by atoms with van der Waals surface area (Å²) in [6.07, 6.45) is 23.3. The van der Waals surface area contributed by atoms with Gasteiger partial charge in [0.05, 0.1) is 153 Å². The summed E-state index contributed by atoms with van der Waals surface area (Å²) in [5.74, 6) is 0. The summed E-state index contributed by atoms with van der Waals surface area (Å²) in [6, 6.07) is 0. The Labute approximate surface area is 478 Å². The Hall–Kier alpha value is 2.35. The molecule has 0 N–H and O–H groups in total. The molecule has 457 valence electrons. The van der Waals surface area contributed by atoms with E-state index < -0.39 is 17.6 Å². The zero-order chi connectivity index (χ0) is 56.4. The molecular weight excluding hydrogens is 1160 g/mol. The van der Waals surface area contributed by atoms with E-state index in [2.05, 4.69) is 83.1 Å². The Balaban J connectivity index is -0.000000490. The Kier molecular flexibility index (Phi) is 85.3. The summed E-state index contributed by atoms with van der Waals surface area (Å²) in [5.41, 5.74) is 0. The molecule has 0 heterocycles. The van der Waals surface area contributed by atoms with Crippen LogP contribution in [-0.4, -0.2) is 269 Å². The van der Waals surface area contributed by atoms with Crippen LogP contribution in [0.15, 0.2) is 0 Å². The third-order valence-corrected chi connectivity index (χ3v) is 29.3. The molecule has 0 aliphatic rings. The summed E-state index contributed by atoms with van der Waals surface area (Å²) >= 11 is -1.91. The third kappa shape index (κ3) is 70.5. The maximum absolute atomic E-state index is 8.48. The van der Waals surface area contributed by atoms with Crippen molar-refractivity contribution in [3.05, 3.63) is 0 Å². The summed E-state index contributed by atoms with van der Waals surface area (Å²) < 4.78 is 84.0. The van der Waals surface area contributed by atoms with Crippen LogP contribution in [0.3, 0.4) is 0 Å². The van der Waals surface area contributed by atoms with E-state index in [1.807, 2.05) is 0 Å². The van der Waals surface area contributed by atoms with Gasteiger partial charge >= 0.3 is 24.6 Å². The first-order valence-electron chi connectivity index (χ1n) is 29.4. The van der Waals surface area contributed by atoms with Crippen molar-refractivity contribution in [3.8, 4) is 0 Å². The fourth-order valence-electron chi connectivity index (χ4n) is 7.40. The van der Waals surface area contributed by atoms with Crippen LogP contribution in [0.5, 0.6) is 0 Å². The van der Waals surface area contributed by atoms with Crippen LogP contribution in [0.1, 0.15) is 83.1 Å². The molecule has 0 spiro atoms. The fraction of sp³-hybridized carbons (Fsp3) is 1.00. The summed E-state index contributed by atoms with van der Waals surface area (Å²) in [4.78, 5) is 0. The maximum atomic E-state index is 8.48. The van der Waals surface area contributed by atoms with Gasteiger partial charge in [-0.1, -0.05) is 0 Å². The molecule has 0 aliphatic heterocycles. The Bertz CT molecular complexity index is 812. The molecule has 0 rings (SSSR count). The van der Waals surface area contributed by atoms with Gasteiger partial charge in [0.15, 0.2) is 0 Å². The second-order valence-electron chi connectivity index (χ2n) is 17.1. The molecule has 0 fully saturated rings. The minimum absolute atomic E-state index is 0.0310. The van der Waals surface area contributed by atoms with Crippen LogP contribution in [0.25, 0.3) is 0 Å². The first-order chi connectivity index (χ1) is 36.7. The zero-order valence-corrected chi connectivity index (χ0v) is 58.3. The summed E-state index contributed by atoms with van der Waals surface area (Å²) in [5, 5.41) is 0. The van der Waals surface area contributed by atoms with Crippen molar-refractivity contribution in [1.29, 1.82) is 0 Å². The first kappa shape index (κ1) is 83.8. The molecule has 0 atom stereocenters. The second kappa shape index (κ2) is 76.3. The Morgan fingerprint density at radius 3 is 0.493 bits per heavy atom. The van der Waals surface area contributed by atoms with Crippen LogP contribution in [-0.2, 0) is 81.5 Å². The van der Waals surface area contributed by atoms with Crippen molar-refractivity contribution in [3.63, 3.8) is 0 Å². The molecule has 14 nitrogen and oxygen atoms in total. The minimum atomic E-state index is -1.91. The van der Waals surface area contributed by atoms with Crippen molar-refractivity contribution >= 4 is 47.5 Å². The van der Waals surface area contributed by atoms with Gasteiger partial charge in [-0.15, -0.1) is 15.8 Å². The van der Waals surface area contributed by atoms with Crippen molar-refractivity contribution < 1.29 is 81.5 Å². The van der Waals surface area contributed by atoms with E-state index >= 15 is 0 Å². The van der Waals surface area contributed by atoms with Crippen LogP contribution >= 0.6 is 47.5 Å². The first-order valence-corrected chi connectivity index (χ1v) is 43.2. The van der Waals surface area contributed by atoms with E-state index in [-0.39, 0.29) is 47.5 Å². The molecule has 0 aromatic rings. The molecular formula is C54H124O14P6Tc+4. The van der Waals surface area contributed by atoms with Crippen molar-refractivity contribution in [1.82, 2.24) is 0 Å². The Morgan fingerprint density at radius 1 is 0.227 bits per heavy atom. The molecule has 0 unspecified atom stereocenters. The molecule has 0 amide bonds. The average Bonchev–Trinajstić information content (AvgIpc) is 3.41. The van der Waals surface area contributed by atoms with E-state index in [0.29, 0.717) is 0 Å². The second-order valence-corrected chi connectivity index (χ2v) is 34.8. The number of hydrogen-bond acceptors (Lipinski definition) is 14. The molecule has 0 saturated carbocycles. The van der Waals surface area contributed by atoms with E-state index in [1.54, 1.807) is 0 Å². The van der Waals surface area contributed by atoms with Gasteiger partial charge < -0.3 is 56.8 Å². The molecule has 0 aromatic carbocycles. The van der Waals surface area contributed by atoms with Gasteiger partial charge in [0.2, 0.25) is 0 Å². The van der Waals surface area contributed by atoms with Gasteiger partial charge in [-0.05, 0) is 120 Å². The van der Waals surface area contributed by atoms with E-state index in [9.17, 15) is 0 Å². The van der Waals surface area contributed by atoms with E-state index in [0.717, 1.165) is 159 Å². The van der Waals surface area contributed by atoms with Crippen LogP contribution in [0.2, 0.25) is 0 Å². The average molecular weight is 1280 g/mol. The van der Waals surface area contributed by atoms with Crippen molar-refractivity contribution in [2.24, 2.45) is 0 Å². The topological polar surface area (TPSA) is 145 Å². The fourth-order valence-corrected chi connectivity index (χ4v) is 24.7. The molecule has 0 bridgehead atoms. The molecule has 0 aromatic heterocycles. The van der Waals surface area contributed by atoms with Crippen LogP contribution in [0.4, 0.5) is 0 Å². The quantitative estimate of drug-likeness (QED) is 0.0421. The number of ether oxygens (including phenoxy) is 12. The molecule has 0 saturated heterocycles. The predicted molar refractivity (Wildman–Crippen MR) is 334 cm³/mol. The predicted octanol–water partition coefficient (Wildman–Crippen LogP) is 11.0. The standard InChI is InChI=1S/3C18H40O4P2.2O.Tc/c3*1-5-19-9-13-23(14-10-20-6-2)17-18-24(15-11-21-7-3)16-12-22-8-4;;;/h3*5-18H2,1-4H3;;;/p+4. The van der Waals surface area contributed by atoms with Gasteiger partial charge in [-0.3, -0.25) is 0 Å². The van der Waals surface area contributed by atoms with E-state index in [1.165, 1.54) is 111 Å². The third-order valence-electron chi connectivity index (χ3n) is 11.9. The van der Waals surface area contributed by atoms with Crippen molar-refractivity contribution in [2.75, 3.05) is 269 Å². The molecule has 75 heavy (non-hydrogen) atoms. The van der Waals surface area contributed by atoms with Crippen LogP contribution in [0, 0.1) is 0 Å². The van der Waals surface area contributed by atoms with Gasteiger partial charge in [-0.25, -0.2) is 0 Å². The van der Waals surface area contributed by atoms with Gasteiger partial charge in [-0.2, -0.15) is 0 Å². The van der Waals surface area contributed by atoms with Gasteiger partial charge in [0, 0.05) is 111 Å². The molecule has 21 heteroatoms. The summed E-state index contributed by atoms with van der Waals surface area (Å²) in [7, 11) is -1.34. The van der Waals surface area contributed by atoms with Crippen LogP contribution < -0.4 is 0 Å². The Morgan fingerprint density at radius 2 is 0.360 bits per heavy atom. The van der Waals surface area contributed by atoms with Gasteiger partial charge in [0.1, 0.15) is 0 Å².